The summed E-state index contributed by atoms with van der Waals surface area (Å²) >= 11 is 0. The van der Waals surface area contributed by atoms with Crippen molar-refractivity contribution in [1.82, 2.24) is 20.1 Å². The summed E-state index contributed by atoms with van der Waals surface area (Å²) in [6.45, 7) is 6.42. The Morgan fingerprint density at radius 1 is 0.830 bits per heavy atom. The van der Waals surface area contributed by atoms with Gasteiger partial charge in [-0.15, -0.1) is 0 Å². The van der Waals surface area contributed by atoms with Crippen LogP contribution < -0.4 is 20.1 Å². The number of hydrogen-bond donors (Lipinski definition) is 2. The minimum absolute atomic E-state index is 0.132. The van der Waals surface area contributed by atoms with Crippen LogP contribution in [0.4, 0.5) is 10.5 Å². The van der Waals surface area contributed by atoms with Gasteiger partial charge in [0.1, 0.15) is 24.5 Å². The van der Waals surface area contributed by atoms with Crippen LogP contribution in [0.25, 0.3) is 22.2 Å². The number of alkyl carbamates (subject to hydrolysis) is 1. The maximum absolute atomic E-state index is 12.2. The van der Waals surface area contributed by atoms with Gasteiger partial charge in [0, 0.05) is 36.3 Å². The molecule has 2 N–H and O–H groups in total. The van der Waals surface area contributed by atoms with Crippen LogP contribution in [0.5, 0.6) is 11.8 Å². The van der Waals surface area contributed by atoms with E-state index in [-0.39, 0.29) is 12.1 Å². The normalized spacial score (nSPS) is 16.4. The van der Waals surface area contributed by atoms with Gasteiger partial charge in [0.15, 0.2) is 0 Å². The molecule has 9 heteroatoms. The molecule has 0 bridgehead atoms. The molecule has 1 amide bonds. The van der Waals surface area contributed by atoms with E-state index in [1.54, 1.807) is 0 Å². The lowest BCUT2D eigenvalue weighted by atomic mass is 9.91. The molecule has 47 heavy (non-hydrogen) atoms. The maximum atomic E-state index is 12.2. The second-order valence-corrected chi connectivity index (χ2v) is 13.1. The van der Waals surface area contributed by atoms with Gasteiger partial charge >= 0.3 is 6.09 Å². The predicted molar refractivity (Wildman–Crippen MR) is 185 cm³/mol. The minimum Gasteiger partial charge on any atom is -0.473 e. The van der Waals surface area contributed by atoms with Gasteiger partial charge < -0.3 is 24.8 Å². The summed E-state index contributed by atoms with van der Waals surface area (Å²) in [5, 5.41) is 12.7. The average Bonchev–Trinajstić information content (AvgIpc) is 3.39. The molecule has 0 radical (unpaired) electrons. The number of ether oxygens (including phenoxy) is 3. The van der Waals surface area contributed by atoms with Crippen LogP contribution in [-0.2, 0) is 25.0 Å². The summed E-state index contributed by atoms with van der Waals surface area (Å²) in [4.78, 5) is 17.0. The molecule has 1 fully saturated rings. The summed E-state index contributed by atoms with van der Waals surface area (Å²) in [5.74, 6) is 0.960. The quantitative estimate of drug-likeness (QED) is 0.161. The van der Waals surface area contributed by atoms with E-state index in [0.29, 0.717) is 31.0 Å². The van der Waals surface area contributed by atoms with E-state index < -0.39 is 5.60 Å². The predicted octanol–water partition coefficient (Wildman–Crippen LogP) is 8.04. The number of aryl methyl sites for hydroxylation is 1. The Bertz CT molecular complexity index is 1790. The van der Waals surface area contributed by atoms with Crippen molar-refractivity contribution in [3.05, 3.63) is 102 Å². The van der Waals surface area contributed by atoms with Gasteiger partial charge in [-0.05, 0) is 81.8 Å². The Morgan fingerprint density at radius 3 is 2.13 bits per heavy atom. The number of rotatable bonds is 10. The Morgan fingerprint density at radius 2 is 1.47 bits per heavy atom. The summed E-state index contributed by atoms with van der Waals surface area (Å²) in [7, 11) is 1.96. The van der Waals surface area contributed by atoms with E-state index in [4.69, 9.17) is 24.3 Å². The Kier molecular flexibility index (Phi) is 9.61. The zero-order chi connectivity index (χ0) is 32.8. The van der Waals surface area contributed by atoms with Crippen LogP contribution in [0.3, 0.4) is 0 Å². The third-order valence-corrected chi connectivity index (χ3v) is 8.21. The number of aromatic nitrogens is 3. The number of hydrogen-bond acceptors (Lipinski definition) is 7. The molecule has 2 aromatic heterocycles. The summed E-state index contributed by atoms with van der Waals surface area (Å²) < 4.78 is 19.7. The van der Waals surface area contributed by atoms with Crippen LogP contribution in [-0.4, -0.2) is 38.5 Å². The number of amides is 1. The smallest absolute Gasteiger partial charge is 0.407 e. The van der Waals surface area contributed by atoms with Crippen LogP contribution in [0.2, 0.25) is 0 Å². The largest absolute Gasteiger partial charge is 0.473 e. The third-order valence-electron chi connectivity index (χ3n) is 8.21. The number of anilines is 1. The number of pyridine rings is 1. The Hall–Kier alpha value is -5.05. The van der Waals surface area contributed by atoms with E-state index in [1.807, 2.05) is 105 Å². The minimum atomic E-state index is -0.499. The van der Waals surface area contributed by atoms with Gasteiger partial charge in [-0.2, -0.15) is 10.1 Å². The summed E-state index contributed by atoms with van der Waals surface area (Å²) in [5.41, 5.74) is 5.26. The second kappa shape index (κ2) is 14.2. The monoisotopic (exact) mass is 633 g/mol. The highest BCUT2D eigenvalue weighted by molar-refractivity contribution is 5.96. The number of carbonyl (C=O) groups is 1. The number of benzene rings is 3. The Labute approximate surface area is 276 Å². The molecule has 0 aliphatic heterocycles. The fourth-order valence-electron chi connectivity index (χ4n) is 5.89. The molecule has 0 saturated heterocycles. The fraction of sp³-hybridized carbons (Fsp3) is 0.342. The molecular weight excluding hydrogens is 590 g/mol. The fourth-order valence-corrected chi connectivity index (χ4v) is 5.89. The van der Waals surface area contributed by atoms with Crippen molar-refractivity contribution >= 4 is 22.7 Å². The summed E-state index contributed by atoms with van der Waals surface area (Å²) in [6.07, 6.45) is 3.38. The molecule has 1 saturated carbocycles. The molecular formula is C38H43N5O4. The van der Waals surface area contributed by atoms with Crippen LogP contribution in [0.1, 0.15) is 57.6 Å². The molecule has 0 spiro atoms. The molecule has 0 unspecified atom stereocenters. The molecule has 3 aromatic carbocycles. The zero-order valence-electron chi connectivity index (χ0n) is 27.5. The summed E-state index contributed by atoms with van der Waals surface area (Å²) in [6, 6.07) is 30.7. The highest BCUT2D eigenvalue weighted by Gasteiger charge is 2.25. The molecule has 5 aromatic rings. The van der Waals surface area contributed by atoms with Gasteiger partial charge in [0.05, 0.1) is 11.1 Å². The molecule has 9 nitrogen and oxygen atoms in total. The van der Waals surface area contributed by atoms with E-state index in [0.717, 1.165) is 64.7 Å². The first kappa shape index (κ1) is 31.9. The first-order chi connectivity index (χ1) is 22.7. The molecule has 2 heterocycles. The van der Waals surface area contributed by atoms with Crippen molar-refractivity contribution in [3.8, 4) is 23.0 Å². The lowest BCUT2D eigenvalue weighted by Crippen LogP contribution is -2.42. The SMILES string of the molecule is Cn1nc(-c2ccc(OCc3ccccc3)nc2OCc2ccccc2)c2ccc(N[C@H]3CC[C@@H](NC(=O)OC(C)(C)C)CC3)cc21. The second-order valence-electron chi connectivity index (χ2n) is 13.1. The zero-order valence-corrected chi connectivity index (χ0v) is 27.5. The number of nitrogens with one attached hydrogen (secondary N) is 2. The van der Waals surface area contributed by atoms with Crippen molar-refractivity contribution in [2.75, 3.05) is 5.32 Å². The maximum Gasteiger partial charge on any atom is 0.407 e. The molecule has 1 aliphatic rings. The molecule has 1 aliphatic carbocycles. The molecule has 244 valence electrons. The topological polar surface area (TPSA) is 99.5 Å². The van der Waals surface area contributed by atoms with Crippen LogP contribution in [0.15, 0.2) is 91.0 Å². The van der Waals surface area contributed by atoms with Crippen molar-refractivity contribution < 1.29 is 19.0 Å². The van der Waals surface area contributed by atoms with Gasteiger partial charge in [-0.1, -0.05) is 60.7 Å². The van der Waals surface area contributed by atoms with Gasteiger partial charge in [-0.25, -0.2) is 4.79 Å². The van der Waals surface area contributed by atoms with Gasteiger partial charge in [0.25, 0.3) is 0 Å². The van der Waals surface area contributed by atoms with Crippen molar-refractivity contribution in [2.24, 2.45) is 7.05 Å². The van der Waals surface area contributed by atoms with E-state index in [2.05, 4.69) is 28.8 Å². The lowest BCUT2D eigenvalue weighted by Gasteiger charge is -2.31. The molecule has 0 atom stereocenters. The third kappa shape index (κ3) is 8.41. The number of carbonyl (C=O) groups excluding carboxylic acids is 1. The first-order valence-electron chi connectivity index (χ1n) is 16.3. The van der Waals surface area contributed by atoms with Crippen LogP contribution in [0, 0.1) is 0 Å². The van der Waals surface area contributed by atoms with E-state index in [9.17, 15) is 4.79 Å². The van der Waals surface area contributed by atoms with E-state index >= 15 is 0 Å². The highest BCUT2D eigenvalue weighted by atomic mass is 16.6. The van der Waals surface area contributed by atoms with Crippen molar-refractivity contribution in [2.45, 2.75) is 77.4 Å². The lowest BCUT2D eigenvalue weighted by molar-refractivity contribution is 0.0492. The molecule has 6 rings (SSSR count). The first-order valence-corrected chi connectivity index (χ1v) is 16.3. The Balaban J connectivity index is 1.18. The number of nitrogens with zero attached hydrogens (tertiary/aromatic N) is 3. The standard InChI is InChI=1S/C38H43N5O4/c1-38(2,3)47-37(44)40-29-17-15-28(16-18-29)39-30-19-20-31-33(23-30)43(4)42-35(31)32-21-22-34(45-24-26-11-7-5-8-12-26)41-36(32)46-25-27-13-9-6-10-14-27/h5-14,19-23,28-29,39H,15-18,24-25H2,1-4H3,(H,40,44)/t28-,29+. The van der Waals surface area contributed by atoms with Crippen LogP contribution >= 0.6 is 0 Å². The van der Waals surface area contributed by atoms with Gasteiger partial charge in [-0.3, -0.25) is 4.68 Å². The van der Waals surface area contributed by atoms with Crippen molar-refractivity contribution in [3.63, 3.8) is 0 Å². The van der Waals surface area contributed by atoms with E-state index in [1.165, 1.54) is 0 Å². The number of fused-ring (bicyclic) bond motifs is 1. The van der Waals surface area contributed by atoms with Gasteiger partial charge in [0.2, 0.25) is 11.8 Å². The van der Waals surface area contributed by atoms with Crippen molar-refractivity contribution in [1.29, 1.82) is 0 Å². The highest BCUT2D eigenvalue weighted by Crippen LogP contribution is 2.36. The average molecular weight is 634 g/mol.